The molecular formula is C14H12FNO2S. The Hall–Kier alpha value is -2.01. The Kier molecular flexibility index (Phi) is 3.76. The van der Waals surface area contributed by atoms with Gasteiger partial charge in [-0.25, -0.2) is 14.2 Å². The Balaban J connectivity index is 2.52. The Morgan fingerprint density at radius 3 is 2.58 bits per heavy atom. The van der Waals surface area contributed by atoms with Gasteiger partial charge in [0.2, 0.25) is 0 Å². The van der Waals surface area contributed by atoms with E-state index >= 15 is 0 Å². The van der Waals surface area contributed by atoms with E-state index in [1.165, 1.54) is 23.5 Å². The SMILES string of the molecule is C/C(=C\C(=O)O)c1sc(C)nc1-c1ccc(F)cc1. The van der Waals surface area contributed by atoms with Crippen molar-refractivity contribution < 1.29 is 14.3 Å². The van der Waals surface area contributed by atoms with E-state index < -0.39 is 5.97 Å². The standard InChI is InChI=1S/C14H12FNO2S/c1-8(7-12(17)18)14-13(16-9(2)19-14)10-3-5-11(15)6-4-10/h3-7H,1-2H3,(H,17,18)/b8-7+. The molecule has 0 amide bonds. The normalized spacial score (nSPS) is 11.6. The van der Waals surface area contributed by atoms with Gasteiger partial charge in [0.1, 0.15) is 5.82 Å². The molecule has 0 spiro atoms. The third-order valence-corrected chi connectivity index (χ3v) is 3.66. The highest BCUT2D eigenvalue weighted by molar-refractivity contribution is 7.13. The number of nitrogens with zero attached hydrogens (tertiary/aromatic N) is 1. The molecule has 0 saturated carbocycles. The van der Waals surface area contributed by atoms with E-state index in [2.05, 4.69) is 4.98 Å². The molecule has 1 aromatic carbocycles. The summed E-state index contributed by atoms with van der Waals surface area (Å²) in [5.41, 5.74) is 2.11. The number of halogens is 1. The summed E-state index contributed by atoms with van der Waals surface area (Å²) in [5, 5.41) is 9.65. The number of benzene rings is 1. The summed E-state index contributed by atoms with van der Waals surface area (Å²) in [6, 6.07) is 6.01. The highest BCUT2D eigenvalue weighted by Crippen LogP contribution is 2.33. The van der Waals surface area contributed by atoms with Gasteiger partial charge in [0.25, 0.3) is 0 Å². The van der Waals surface area contributed by atoms with Crippen LogP contribution in [0.1, 0.15) is 16.8 Å². The average molecular weight is 277 g/mol. The van der Waals surface area contributed by atoms with Crippen LogP contribution in [-0.4, -0.2) is 16.1 Å². The van der Waals surface area contributed by atoms with Gasteiger partial charge < -0.3 is 5.11 Å². The van der Waals surface area contributed by atoms with Crippen molar-refractivity contribution in [3.05, 3.63) is 46.0 Å². The first-order valence-electron chi connectivity index (χ1n) is 5.62. The molecule has 0 unspecified atom stereocenters. The molecule has 0 aliphatic carbocycles. The molecular weight excluding hydrogens is 265 g/mol. The molecule has 0 bridgehead atoms. The fraction of sp³-hybridized carbons (Fsp3) is 0.143. The summed E-state index contributed by atoms with van der Waals surface area (Å²) >= 11 is 1.43. The second kappa shape index (κ2) is 5.32. The van der Waals surface area contributed by atoms with Crippen molar-refractivity contribution in [2.45, 2.75) is 13.8 Å². The largest absolute Gasteiger partial charge is 0.478 e. The van der Waals surface area contributed by atoms with Crippen LogP contribution in [0.25, 0.3) is 16.8 Å². The summed E-state index contributed by atoms with van der Waals surface area (Å²) in [7, 11) is 0. The quantitative estimate of drug-likeness (QED) is 0.869. The van der Waals surface area contributed by atoms with Crippen molar-refractivity contribution in [3.63, 3.8) is 0 Å². The molecule has 0 atom stereocenters. The van der Waals surface area contributed by atoms with Crippen LogP contribution in [0.5, 0.6) is 0 Å². The summed E-state index contributed by atoms with van der Waals surface area (Å²) in [6.07, 6.45) is 1.15. The topological polar surface area (TPSA) is 50.2 Å². The minimum Gasteiger partial charge on any atom is -0.478 e. The van der Waals surface area contributed by atoms with Gasteiger partial charge in [0.15, 0.2) is 0 Å². The third-order valence-electron chi connectivity index (χ3n) is 2.55. The van der Waals surface area contributed by atoms with Crippen molar-refractivity contribution in [1.29, 1.82) is 0 Å². The van der Waals surface area contributed by atoms with Gasteiger partial charge in [0, 0.05) is 11.6 Å². The summed E-state index contributed by atoms with van der Waals surface area (Å²) < 4.78 is 12.9. The van der Waals surface area contributed by atoms with Crippen LogP contribution < -0.4 is 0 Å². The van der Waals surface area contributed by atoms with E-state index in [0.717, 1.165) is 21.5 Å². The van der Waals surface area contributed by atoms with E-state index in [1.807, 2.05) is 6.92 Å². The predicted molar refractivity (Wildman–Crippen MR) is 73.5 cm³/mol. The molecule has 0 fully saturated rings. The highest BCUT2D eigenvalue weighted by atomic mass is 32.1. The molecule has 1 aromatic heterocycles. The van der Waals surface area contributed by atoms with Crippen LogP contribution in [0, 0.1) is 12.7 Å². The Morgan fingerprint density at radius 2 is 2.00 bits per heavy atom. The number of carboxylic acid groups (broad SMARTS) is 1. The van der Waals surface area contributed by atoms with Crippen molar-refractivity contribution in [2.24, 2.45) is 0 Å². The zero-order chi connectivity index (χ0) is 14.0. The minimum atomic E-state index is -0.992. The van der Waals surface area contributed by atoms with Crippen LogP contribution in [0.4, 0.5) is 4.39 Å². The molecule has 0 aliphatic heterocycles. The zero-order valence-electron chi connectivity index (χ0n) is 10.5. The lowest BCUT2D eigenvalue weighted by Gasteiger charge is -2.02. The summed E-state index contributed by atoms with van der Waals surface area (Å²) in [6.45, 7) is 3.59. The second-order valence-electron chi connectivity index (χ2n) is 4.08. The van der Waals surface area contributed by atoms with E-state index in [9.17, 15) is 9.18 Å². The van der Waals surface area contributed by atoms with Gasteiger partial charge in [0.05, 0.1) is 15.6 Å². The molecule has 0 aliphatic rings. The Labute approximate surface area is 114 Å². The molecule has 19 heavy (non-hydrogen) atoms. The van der Waals surface area contributed by atoms with Crippen molar-refractivity contribution in [3.8, 4) is 11.3 Å². The summed E-state index contributed by atoms with van der Waals surface area (Å²) in [4.78, 5) is 15.9. The van der Waals surface area contributed by atoms with Gasteiger partial charge in [-0.15, -0.1) is 11.3 Å². The molecule has 2 rings (SSSR count). The fourth-order valence-electron chi connectivity index (χ4n) is 1.75. The molecule has 5 heteroatoms. The van der Waals surface area contributed by atoms with Gasteiger partial charge in [-0.3, -0.25) is 0 Å². The van der Waals surface area contributed by atoms with Crippen LogP contribution in [-0.2, 0) is 4.79 Å². The first-order valence-corrected chi connectivity index (χ1v) is 6.44. The number of carboxylic acids is 1. The maximum atomic E-state index is 12.9. The molecule has 0 saturated heterocycles. The third kappa shape index (κ3) is 3.06. The average Bonchev–Trinajstić information content (AvgIpc) is 2.71. The first-order chi connectivity index (χ1) is 8.97. The molecule has 98 valence electrons. The maximum Gasteiger partial charge on any atom is 0.328 e. The van der Waals surface area contributed by atoms with Gasteiger partial charge in [-0.2, -0.15) is 0 Å². The highest BCUT2D eigenvalue weighted by Gasteiger charge is 2.13. The number of aliphatic carboxylic acids is 1. The van der Waals surface area contributed by atoms with Crippen LogP contribution in [0.2, 0.25) is 0 Å². The van der Waals surface area contributed by atoms with Crippen LogP contribution in [0.3, 0.4) is 0 Å². The number of aromatic nitrogens is 1. The Bertz CT molecular complexity index is 644. The van der Waals surface area contributed by atoms with E-state index in [0.29, 0.717) is 11.3 Å². The van der Waals surface area contributed by atoms with E-state index in [1.54, 1.807) is 19.1 Å². The van der Waals surface area contributed by atoms with Gasteiger partial charge in [-0.1, -0.05) is 0 Å². The molecule has 2 aromatic rings. The van der Waals surface area contributed by atoms with E-state index in [-0.39, 0.29) is 5.82 Å². The zero-order valence-corrected chi connectivity index (χ0v) is 11.3. The van der Waals surface area contributed by atoms with Crippen LogP contribution in [0.15, 0.2) is 30.3 Å². The van der Waals surface area contributed by atoms with Crippen molar-refractivity contribution in [1.82, 2.24) is 4.98 Å². The lowest BCUT2D eigenvalue weighted by atomic mass is 10.1. The number of carbonyl (C=O) groups is 1. The smallest absolute Gasteiger partial charge is 0.328 e. The molecule has 3 nitrogen and oxygen atoms in total. The number of hydrogen-bond acceptors (Lipinski definition) is 3. The second-order valence-corrected chi connectivity index (χ2v) is 5.29. The number of hydrogen-bond donors (Lipinski definition) is 1. The Morgan fingerprint density at radius 1 is 1.37 bits per heavy atom. The van der Waals surface area contributed by atoms with Crippen molar-refractivity contribution >= 4 is 22.9 Å². The lowest BCUT2D eigenvalue weighted by Crippen LogP contribution is -1.90. The maximum absolute atomic E-state index is 12.9. The number of rotatable bonds is 3. The fourth-order valence-corrected chi connectivity index (χ4v) is 2.66. The summed E-state index contributed by atoms with van der Waals surface area (Å²) in [5.74, 6) is -1.30. The first kappa shape index (κ1) is 13.4. The van der Waals surface area contributed by atoms with E-state index in [4.69, 9.17) is 5.11 Å². The molecule has 1 N–H and O–H groups in total. The number of aryl methyl sites for hydroxylation is 1. The van der Waals surface area contributed by atoms with Gasteiger partial charge >= 0.3 is 5.97 Å². The monoisotopic (exact) mass is 277 g/mol. The number of allylic oxidation sites excluding steroid dienone is 1. The predicted octanol–water partition coefficient (Wildman–Crippen LogP) is 3.75. The molecule has 1 heterocycles. The lowest BCUT2D eigenvalue weighted by molar-refractivity contribution is -0.131. The molecule has 0 radical (unpaired) electrons. The number of thiazole rings is 1. The van der Waals surface area contributed by atoms with Crippen LogP contribution >= 0.6 is 11.3 Å². The minimum absolute atomic E-state index is 0.310. The van der Waals surface area contributed by atoms with Gasteiger partial charge in [-0.05, 0) is 43.7 Å². The van der Waals surface area contributed by atoms with Crippen molar-refractivity contribution in [2.75, 3.05) is 0 Å².